The molecule has 1 aromatic carbocycles. The summed E-state index contributed by atoms with van der Waals surface area (Å²) in [7, 11) is 0. The van der Waals surface area contributed by atoms with Gasteiger partial charge in [-0.1, -0.05) is 43.5 Å². The lowest BCUT2D eigenvalue weighted by atomic mass is 10.2. The van der Waals surface area contributed by atoms with E-state index in [0.29, 0.717) is 0 Å². The van der Waals surface area contributed by atoms with Crippen molar-refractivity contribution in [2.24, 2.45) is 0 Å². The van der Waals surface area contributed by atoms with Gasteiger partial charge in [0.25, 0.3) is 0 Å². The van der Waals surface area contributed by atoms with Gasteiger partial charge in [0.15, 0.2) is 0 Å². The fraction of sp³-hybridized carbons (Fsp3) is 0. The Morgan fingerprint density at radius 1 is 1.08 bits per heavy atom. The van der Waals surface area contributed by atoms with Crippen LogP contribution in [0.3, 0.4) is 0 Å². The summed E-state index contributed by atoms with van der Waals surface area (Å²) in [6.07, 6.45) is 3.46. The minimum atomic E-state index is 0.729. The topological polar surface area (TPSA) is 26.3 Å². The maximum atomic E-state index is 10.0. The SMILES string of the molecule is C=COC=C.O=Cc1ccccc1. The quantitative estimate of drug-likeness (QED) is 0.523. The van der Waals surface area contributed by atoms with Crippen LogP contribution in [0.5, 0.6) is 0 Å². The second-order valence-electron chi connectivity index (χ2n) is 2.00. The van der Waals surface area contributed by atoms with E-state index >= 15 is 0 Å². The van der Waals surface area contributed by atoms with Gasteiger partial charge >= 0.3 is 0 Å². The van der Waals surface area contributed by atoms with E-state index in [0.717, 1.165) is 11.8 Å². The van der Waals surface area contributed by atoms with Crippen LogP contribution in [0.1, 0.15) is 10.4 Å². The maximum Gasteiger partial charge on any atom is 0.150 e. The molecule has 0 saturated carbocycles. The zero-order chi connectivity index (χ0) is 9.94. The first-order valence-electron chi connectivity index (χ1n) is 3.72. The molecule has 0 aliphatic rings. The van der Waals surface area contributed by atoms with Gasteiger partial charge in [-0.05, 0) is 0 Å². The fourth-order valence-electron chi connectivity index (χ4n) is 0.600. The molecular formula is C11H12O2. The lowest BCUT2D eigenvalue weighted by molar-refractivity contribution is 0.112. The number of rotatable bonds is 3. The molecule has 0 amide bonds. The van der Waals surface area contributed by atoms with E-state index < -0.39 is 0 Å². The molecule has 0 N–H and O–H groups in total. The molecule has 0 aliphatic carbocycles. The highest BCUT2D eigenvalue weighted by molar-refractivity contribution is 5.74. The van der Waals surface area contributed by atoms with Gasteiger partial charge < -0.3 is 4.74 Å². The predicted octanol–water partition coefficient (Wildman–Crippen LogP) is 2.79. The third kappa shape index (κ3) is 6.56. The minimum absolute atomic E-state index is 0.729. The van der Waals surface area contributed by atoms with Crippen LogP contribution in [0.25, 0.3) is 0 Å². The van der Waals surface area contributed by atoms with E-state index in [9.17, 15) is 4.79 Å². The van der Waals surface area contributed by atoms with Crippen molar-refractivity contribution in [3.8, 4) is 0 Å². The van der Waals surface area contributed by atoms with Gasteiger partial charge in [-0.25, -0.2) is 0 Å². The number of aldehydes is 1. The molecule has 1 aromatic rings. The normalized spacial score (nSPS) is 7.38. The van der Waals surface area contributed by atoms with Crippen LogP contribution in [0.4, 0.5) is 0 Å². The lowest BCUT2D eigenvalue weighted by Gasteiger charge is -1.81. The van der Waals surface area contributed by atoms with Crippen molar-refractivity contribution in [2.45, 2.75) is 0 Å². The van der Waals surface area contributed by atoms with Crippen molar-refractivity contribution in [1.29, 1.82) is 0 Å². The molecule has 2 nitrogen and oxygen atoms in total. The van der Waals surface area contributed by atoms with E-state index in [1.165, 1.54) is 12.5 Å². The first-order chi connectivity index (χ1) is 6.35. The molecule has 0 radical (unpaired) electrons. The lowest BCUT2D eigenvalue weighted by Crippen LogP contribution is -1.73. The van der Waals surface area contributed by atoms with E-state index in [1.807, 2.05) is 18.2 Å². The van der Waals surface area contributed by atoms with Crippen LogP contribution in [0.2, 0.25) is 0 Å². The average Bonchev–Trinajstić information content (AvgIpc) is 2.21. The molecule has 0 saturated heterocycles. The zero-order valence-electron chi connectivity index (χ0n) is 7.35. The molecule has 0 bridgehead atoms. The van der Waals surface area contributed by atoms with Gasteiger partial charge in [-0.3, -0.25) is 4.79 Å². The number of carbonyl (C=O) groups excluding carboxylic acids is 1. The Kier molecular flexibility index (Phi) is 7.10. The van der Waals surface area contributed by atoms with Crippen LogP contribution < -0.4 is 0 Å². The number of carbonyl (C=O) groups is 1. The van der Waals surface area contributed by atoms with Gasteiger partial charge in [-0.15, -0.1) is 0 Å². The summed E-state index contributed by atoms with van der Waals surface area (Å²) in [4.78, 5) is 10.0. The molecule has 0 fully saturated rings. The Balaban J connectivity index is 0.000000252. The monoisotopic (exact) mass is 176 g/mol. The number of hydrogen-bond acceptors (Lipinski definition) is 2. The van der Waals surface area contributed by atoms with Crippen molar-refractivity contribution in [3.05, 3.63) is 61.6 Å². The van der Waals surface area contributed by atoms with Gasteiger partial charge in [0.05, 0.1) is 12.5 Å². The molecular weight excluding hydrogens is 164 g/mol. The van der Waals surface area contributed by atoms with Gasteiger partial charge in [0.1, 0.15) is 6.29 Å². The Bertz CT molecular complexity index is 246. The summed E-state index contributed by atoms with van der Waals surface area (Å²) < 4.78 is 4.36. The largest absolute Gasteiger partial charge is 0.474 e. The summed E-state index contributed by atoms with van der Waals surface area (Å²) in [5.41, 5.74) is 0.729. The van der Waals surface area contributed by atoms with Crippen LogP contribution in [-0.4, -0.2) is 6.29 Å². The molecule has 13 heavy (non-hydrogen) atoms. The van der Waals surface area contributed by atoms with Gasteiger partial charge in [0.2, 0.25) is 0 Å². The van der Waals surface area contributed by atoms with Crippen LogP contribution in [0, 0.1) is 0 Å². The zero-order valence-corrected chi connectivity index (χ0v) is 7.35. The smallest absolute Gasteiger partial charge is 0.150 e. The number of hydrogen-bond donors (Lipinski definition) is 0. The third-order valence-corrected chi connectivity index (χ3v) is 1.13. The molecule has 0 atom stereocenters. The second-order valence-corrected chi connectivity index (χ2v) is 2.00. The Morgan fingerprint density at radius 3 is 1.85 bits per heavy atom. The average molecular weight is 176 g/mol. The summed E-state index contributed by atoms with van der Waals surface area (Å²) in [6, 6.07) is 9.10. The van der Waals surface area contributed by atoms with Crippen molar-refractivity contribution in [1.82, 2.24) is 0 Å². The van der Waals surface area contributed by atoms with E-state index in [1.54, 1.807) is 12.1 Å². The van der Waals surface area contributed by atoms with Crippen LogP contribution in [0.15, 0.2) is 56.0 Å². The predicted molar refractivity (Wildman–Crippen MR) is 53.3 cm³/mol. The molecule has 68 valence electrons. The van der Waals surface area contributed by atoms with Crippen molar-refractivity contribution < 1.29 is 9.53 Å². The van der Waals surface area contributed by atoms with Gasteiger partial charge in [0, 0.05) is 5.56 Å². The summed E-state index contributed by atoms with van der Waals surface area (Å²) in [5, 5.41) is 0. The van der Waals surface area contributed by atoms with Crippen molar-refractivity contribution >= 4 is 6.29 Å². The van der Waals surface area contributed by atoms with Crippen molar-refractivity contribution in [2.75, 3.05) is 0 Å². The molecule has 1 rings (SSSR count). The van der Waals surface area contributed by atoms with E-state index in [-0.39, 0.29) is 0 Å². The summed E-state index contributed by atoms with van der Waals surface area (Å²) >= 11 is 0. The van der Waals surface area contributed by atoms with Crippen LogP contribution in [-0.2, 0) is 4.74 Å². The Hall–Kier alpha value is -1.83. The van der Waals surface area contributed by atoms with Crippen molar-refractivity contribution in [3.63, 3.8) is 0 Å². The highest BCUT2D eigenvalue weighted by atomic mass is 16.5. The highest BCUT2D eigenvalue weighted by Gasteiger charge is 1.79. The van der Waals surface area contributed by atoms with Gasteiger partial charge in [-0.2, -0.15) is 0 Å². The first-order valence-corrected chi connectivity index (χ1v) is 3.72. The standard InChI is InChI=1S/C7H6O.C4H6O/c8-6-7-4-2-1-3-5-7;1-3-5-4-2/h1-6H;3-4H,1-2H2. The summed E-state index contributed by atoms with van der Waals surface area (Å²) in [5.74, 6) is 0. The number of benzene rings is 1. The molecule has 0 spiro atoms. The van der Waals surface area contributed by atoms with E-state index in [2.05, 4.69) is 17.9 Å². The highest BCUT2D eigenvalue weighted by Crippen LogP contribution is 1.91. The third-order valence-electron chi connectivity index (χ3n) is 1.13. The fourth-order valence-corrected chi connectivity index (χ4v) is 0.600. The molecule has 0 heterocycles. The maximum absolute atomic E-state index is 10.0. The minimum Gasteiger partial charge on any atom is -0.474 e. The molecule has 2 heteroatoms. The second kappa shape index (κ2) is 8.27. The number of ether oxygens (including phenoxy) is 1. The molecule has 0 aromatic heterocycles. The Morgan fingerprint density at radius 2 is 1.62 bits per heavy atom. The summed E-state index contributed by atoms with van der Waals surface area (Å²) in [6.45, 7) is 6.51. The van der Waals surface area contributed by atoms with Crippen LogP contribution >= 0.6 is 0 Å². The molecule has 0 unspecified atom stereocenters. The molecule has 0 aliphatic heterocycles. The van der Waals surface area contributed by atoms with E-state index in [4.69, 9.17) is 0 Å². The Labute approximate surface area is 78.2 Å². The first kappa shape index (κ1) is 11.2.